The molecular formula is C29H31NO4. The molecule has 1 unspecified atom stereocenters. The van der Waals surface area contributed by atoms with Gasteiger partial charge in [-0.25, -0.2) is 0 Å². The van der Waals surface area contributed by atoms with E-state index < -0.39 is 29.6 Å². The van der Waals surface area contributed by atoms with Gasteiger partial charge in [0.15, 0.2) is 5.92 Å². The van der Waals surface area contributed by atoms with Gasteiger partial charge in [0.2, 0.25) is 0 Å². The van der Waals surface area contributed by atoms with Gasteiger partial charge < -0.3 is 14.0 Å². The van der Waals surface area contributed by atoms with E-state index in [9.17, 15) is 9.59 Å². The number of carbonyl (C=O) groups is 2. The SMILES string of the molecule is CC(c1c(-c2ccccc2)c(-c2ccccc2)n2c1CC(C)(C)C2)C1C(=O)OC(C)(C)OC1=O. The Hall–Kier alpha value is -3.34. The lowest BCUT2D eigenvalue weighted by Crippen LogP contribution is -2.48. The van der Waals surface area contributed by atoms with Gasteiger partial charge in [-0.15, -0.1) is 0 Å². The van der Waals surface area contributed by atoms with Gasteiger partial charge in [0.05, 0.1) is 5.69 Å². The van der Waals surface area contributed by atoms with Crippen molar-refractivity contribution in [1.29, 1.82) is 0 Å². The van der Waals surface area contributed by atoms with Gasteiger partial charge in [0, 0.05) is 37.6 Å². The van der Waals surface area contributed by atoms with Crippen LogP contribution in [0.2, 0.25) is 0 Å². The molecule has 5 rings (SSSR count). The summed E-state index contributed by atoms with van der Waals surface area (Å²) in [4.78, 5) is 26.1. The van der Waals surface area contributed by atoms with E-state index >= 15 is 0 Å². The zero-order chi connectivity index (χ0) is 24.3. The number of nitrogens with zero attached hydrogens (tertiary/aromatic N) is 1. The highest BCUT2D eigenvalue weighted by Gasteiger charge is 2.49. The van der Waals surface area contributed by atoms with E-state index in [-0.39, 0.29) is 5.41 Å². The molecule has 3 aromatic rings. The Morgan fingerprint density at radius 3 is 1.94 bits per heavy atom. The normalized spacial score (nSPS) is 19.9. The van der Waals surface area contributed by atoms with Crippen LogP contribution in [0.15, 0.2) is 60.7 Å². The van der Waals surface area contributed by atoms with Crippen LogP contribution in [0.1, 0.15) is 51.8 Å². The van der Waals surface area contributed by atoms with Gasteiger partial charge in [-0.2, -0.15) is 0 Å². The molecule has 0 spiro atoms. The smallest absolute Gasteiger partial charge is 0.324 e. The summed E-state index contributed by atoms with van der Waals surface area (Å²) in [6, 6.07) is 20.6. The molecule has 176 valence electrons. The maximum Gasteiger partial charge on any atom is 0.324 e. The maximum absolute atomic E-state index is 13.1. The van der Waals surface area contributed by atoms with Crippen molar-refractivity contribution in [3.05, 3.63) is 71.9 Å². The average molecular weight is 458 g/mol. The lowest BCUT2D eigenvalue weighted by molar-refractivity contribution is -0.240. The summed E-state index contributed by atoms with van der Waals surface area (Å²) in [5.74, 6) is -3.70. The van der Waals surface area contributed by atoms with Crippen molar-refractivity contribution >= 4 is 11.9 Å². The van der Waals surface area contributed by atoms with Crippen molar-refractivity contribution in [3.63, 3.8) is 0 Å². The summed E-state index contributed by atoms with van der Waals surface area (Å²) < 4.78 is 13.4. The highest BCUT2D eigenvalue weighted by atomic mass is 16.7. The number of aromatic nitrogens is 1. The molecule has 0 radical (unpaired) electrons. The molecule has 34 heavy (non-hydrogen) atoms. The van der Waals surface area contributed by atoms with Gasteiger partial charge in [0.1, 0.15) is 0 Å². The first kappa shape index (κ1) is 22.5. The minimum Gasteiger partial charge on any atom is -0.422 e. The first-order chi connectivity index (χ1) is 16.1. The van der Waals surface area contributed by atoms with Crippen LogP contribution in [-0.4, -0.2) is 22.3 Å². The lowest BCUT2D eigenvalue weighted by Gasteiger charge is -2.35. The van der Waals surface area contributed by atoms with Gasteiger partial charge in [-0.3, -0.25) is 9.59 Å². The van der Waals surface area contributed by atoms with Gasteiger partial charge in [-0.05, 0) is 28.5 Å². The monoisotopic (exact) mass is 457 g/mol. The van der Waals surface area contributed by atoms with E-state index in [2.05, 4.69) is 42.7 Å². The summed E-state index contributed by atoms with van der Waals surface area (Å²) in [5.41, 5.74) is 6.68. The number of ether oxygens (including phenoxy) is 2. The standard InChI is InChI=1S/C29H31NO4/c1-18(23-26(31)33-29(4,5)34-27(23)32)22-21-16-28(2,3)17-30(21)25(20-14-10-7-11-15-20)24(22)19-12-8-6-9-13-19/h6-15,18,23H,16-17H2,1-5H3. The Morgan fingerprint density at radius 2 is 1.38 bits per heavy atom. The fraction of sp³-hybridized carbons (Fsp3) is 0.379. The first-order valence-corrected chi connectivity index (χ1v) is 11.9. The van der Waals surface area contributed by atoms with Crippen LogP contribution < -0.4 is 0 Å². The van der Waals surface area contributed by atoms with Crippen molar-refractivity contribution in [2.45, 2.75) is 59.3 Å². The minimum absolute atomic E-state index is 0.0676. The molecule has 1 atom stereocenters. The molecule has 0 N–H and O–H groups in total. The molecule has 3 heterocycles. The number of hydrogen-bond donors (Lipinski definition) is 0. The topological polar surface area (TPSA) is 57.5 Å². The van der Waals surface area contributed by atoms with Crippen molar-refractivity contribution in [3.8, 4) is 22.4 Å². The molecule has 1 fully saturated rings. The molecule has 0 amide bonds. The van der Waals surface area contributed by atoms with Crippen molar-refractivity contribution in [2.24, 2.45) is 11.3 Å². The summed E-state index contributed by atoms with van der Waals surface area (Å²) in [7, 11) is 0. The second-order valence-corrected chi connectivity index (χ2v) is 10.8. The first-order valence-electron chi connectivity index (χ1n) is 11.9. The Morgan fingerprint density at radius 1 is 0.853 bits per heavy atom. The fourth-order valence-corrected chi connectivity index (χ4v) is 5.58. The van der Waals surface area contributed by atoms with E-state index in [1.165, 1.54) is 5.69 Å². The summed E-state index contributed by atoms with van der Waals surface area (Å²) in [5, 5.41) is 0. The highest BCUT2D eigenvalue weighted by molar-refractivity contribution is 5.98. The van der Waals surface area contributed by atoms with Gasteiger partial charge in [-0.1, -0.05) is 81.4 Å². The molecule has 5 nitrogen and oxygen atoms in total. The predicted octanol–water partition coefficient (Wildman–Crippen LogP) is 5.96. The molecular weight excluding hydrogens is 426 g/mol. The van der Waals surface area contributed by atoms with E-state index in [4.69, 9.17) is 9.47 Å². The number of hydrogen-bond acceptors (Lipinski definition) is 4. The summed E-state index contributed by atoms with van der Waals surface area (Å²) in [6.45, 7) is 10.5. The number of carbonyl (C=O) groups excluding carboxylic acids is 2. The van der Waals surface area contributed by atoms with Crippen LogP contribution in [0.25, 0.3) is 22.4 Å². The maximum atomic E-state index is 13.1. The zero-order valence-electron chi connectivity index (χ0n) is 20.4. The second-order valence-electron chi connectivity index (χ2n) is 10.8. The van der Waals surface area contributed by atoms with Crippen molar-refractivity contribution in [2.75, 3.05) is 0 Å². The molecule has 1 aromatic heterocycles. The van der Waals surface area contributed by atoms with Crippen LogP contribution in [-0.2, 0) is 32.0 Å². The van der Waals surface area contributed by atoms with E-state index in [1.54, 1.807) is 13.8 Å². The van der Waals surface area contributed by atoms with Crippen molar-refractivity contribution in [1.82, 2.24) is 4.57 Å². The predicted molar refractivity (Wildman–Crippen MR) is 131 cm³/mol. The molecule has 2 aliphatic rings. The number of cyclic esters (lactones) is 2. The summed E-state index contributed by atoms with van der Waals surface area (Å²) >= 11 is 0. The third-order valence-electron chi connectivity index (χ3n) is 6.91. The lowest BCUT2D eigenvalue weighted by atomic mass is 9.79. The number of fused-ring (bicyclic) bond motifs is 1. The van der Waals surface area contributed by atoms with Crippen molar-refractivity contribution < 1.29 is 19.1 Å². The molecule has 5 heteroatoms. The molecule has 0 bridgehead atoms. The molecule has 1 saturated heterocycles. The number of rotatable bonds is 4. The third kappa shape index (κ3) is 3.73. The van der Waals surface area contributed by atoms with E-state index in [0.717, 1.165) is 40.9 Å². The number of esters is 2. The van der Waals surface area contributed by atoms with Crippen LogP contribution in [0.3, 0.4) is 0 Å². The zero-order valence-corrected chi connectivity index (χ0v) is 20.4. The Bertz CT molecular complexity index is 1230. The molecule has 0 saturated carbocycles. The third-order valence-corrected chi connectivity index (χ3v) is 6.91. The van der Waals surface area contributed by atoms with E-state index in [1.807, 2.05) is 43.3 Å². The van der Waals surface area contributed by atoms with Crippen LogP contribution >= 0.6 is 0 Å². The Labute approximate surface area is 200 Å². The second kappa shape index (κ2) is 7.86. The highest BCUT2D eigenvalue weighted by Crippen LogP contribution is 2.50. The largest absolute Gasteiger partial charge is 0.422 e. The molecule has 2 aliphatic heterocycles. The van der Waals surface area contributed by atoms with Crippen LogP contribution in [0.5, 0.6) is 0 Å². The Kier molecular flexibility index (Phi) is 5.19. The van der Waals surface area contributed by atoms with Crippen LogP contribution in [0, 0.1) is 11.3 Å². The van der Waals surface area contributed by atoms with Gasteiger partial charge >= 0.3 is 11.9 Å². The fourth-order valence-electron chi connectivity index (χ4n) is 5.58. The van der Waals surface area contributed by atoms with E-state index in [0.29, 0.717) is 0 Å². The minimum atomic E-state index is -1.24. The molecule has 0 aliphatic carbocycles. The van der Waals surface area contributed by atoms with Crippen LogP contribution in [0.4, 0.5) is 0 Å². The quantitative estimate of drug-likeness (QED) is 0.358. The summed E-state index contributed by atoms with van der Waals surface area (Å²) in [6.07, 6.45) is 0.863. The van der Waals surface area contributed by atoms with Gasteiger partial charge in [0.25, 0.3) is 5.79 Å². The molecule has 2 aromatic carbocycles. The Balaban J connectivity index is 1.76. The average Bonchev–Trinajstić information content (AvgIpc) is 3.23. The number of benzene rings is 2.